The van der Waals surface area contributed by atoms with Crippen LogP contribution in [0.2, 0.25) is 0 Å². The fraction of sp³-hybridized carbons (Fsp3) is 0.429. The van der Waals surface area contributed by atoms with E-state index in [1.807, 2.05) is 27.0 Å². The standard InChI is InChI=1S/C14H19FN4O/c1-10(2)19-13(17-9-18-19)8-20-14-11(7-16-3)5-4-6-12(14)15/h4-6,9-10,16H,7-8H2,1-3H3. The smallest absolute Gasteiger partial charge is 0.165 e. The summed E-state index contributed by atoms with van der Waals surface area (Å²) in [7, 11) is 1.81. The molecule has 1 heterocycles. The van der Waals surface area contributed by atoms with Crippen molar-refractivity contribution in [3.63, 3.8) is 0 Å². The van der Waals surface area contributed by atoms with E-state index in [0.717, 1.165) is 5.56 Å². The summed E-state index contributed by atoms with van der Waals surface area (Å²) in [5, 5.41) is 7.12. The summed E-state index contributed by atoms with van der Waals surface area (Å²) in [6, 6.07) is 5.09. The predicted molar refractivity (Wildman–Crippen MR) is 73.9 cm³/mol. The molecular weight excluding hydrogens is 259 g/mol. The average Bonchev–Trinajstić information content (AvgIpc) is 2.87. The second-order valence-electron chi connectivity index (χ2n) is 4.76. The Morgan fingerprint density at radius 1 is 1.40 bits per heavy atom. The summed E-state index contributed by atoms with van der Waals surface area (Å²) < 4.78 is 21.2. The molecule has 0 aliphatic heterocycles. The number of rotatable bonds is 6. The van der Waals surface area contributed by atoms with Gasteiger partial charge in [0.2, 0.25) is 0 Å². The summed E-state index contributed by atoms with van der Waals surface area (Å²) in [5.41, 5.74) is 0.781. The molecule has 1 N–H and O–H groups in total. The lowest BCUT2D eigenvalue weighted by atomic mass is 10.2. The highest BCUT2D eigenvalue weighted by Gasteiger charge is 2.13. The Hall–Kier alpha value is -1.95. The van der Waals surface area contributed by atoms with Crippen LogP contribution in [0.3, 0.4) is 0 Å². The van der Waals surface area contributed by atoms with Crippen LogP contribution in [0.4, 0.5) is 4.39 Å². The fourth-order valence-corrected chi connectivity index (χ4v) is 1.99. The highest BCUT2D eigenvalue weighted by Crippen LogP contribution is 2.23. The highest BCUT2D eigenvalue weighted by molar-refractivity contribution is 5.34. The van der Waals surface area contributed by atoms with Gasteiger partial charge in [-0.05, 0) is 27.0 Å². The van der Waals surface area contributed by atoms with Gasteiger partial charge in [-0.3, -0.25) is 0 Å². The van der Waals surface area contributed by atoms with Gasteiger partial charge in [0.15, 0.2) is 17.4 Å². The molecule has 0 aliphatic carbocycles. The Labute approximate surface area is 117 Å². The Morgan fingerprint density at radius 2 is 2.20 bits per heavy atom. The minimum atomic E-state index is -0.367. The van der Waals surface area contributed by atoms with Gasteiger partial charge in [0, 0.05) is 18.2 Å². The van der Waals surface area contributed by atoms with Crippen molar-refractivity contribution in [2.24, 2.45) is 0 Å². The van der Waals surface area contributed by atoms with Crippen LogP contribution in [-0.4, -0.2) is 21.8 Å². The molecule has 0 saturated heterocycles. The lowest BCUT2D eigenvalue weighted by Gasteiger charge is -2.13. The molecule has 0 radical (unpaired) electrons. The first-order valence-corrected chi connectivity index (χ1v) is 6.56. The molecular formula is C14H19FN4O. The summed E-state index contributed by atoms with van der Waals surface area (Å²) in [5.74, 6) is 0.576. The van der Waals surface area contributed by atoms with E-state index in [-0.39, 0.29) is 24.2 Å². The molecule has 0 bridgehead atoms. The SMILES string of the molecule is CNCc1cccc(F)c1OCc1ncnn1C(C)C. The minimum Gasteiger partial charge on any atom is -0.482 e. The average molecular weight is 278 g/mol. The van der Waals surface area contributed by atoms with Gasteiger partial charge in [0.05, 0.1) is 0 Å². The molecule has 2 aromatic rings. The Morgan fingerprint density at radius 3 is 2.90 bits per heavy atom. The maximum Gasteiger partial charge on any atom is 0.165 e. The molecule has 0 fully saturated rings. The molecule has 1 aromatic carbocycles. The molecule has 20 heavy (non-hydrogen) atoms. The third kappa shape index (κ3) is 3.14. The van der Waals surface area contributed by atoms with Crippen molar-refractivity contribution in [1.82, 2.24) is 20.1 Å². The first kappa shape index (κ1) is 14.5. The summed E-state index contributed by atoms with van der Waals surface area (Å²) >= 11 is 0. The van der Waals surface area contributed by atoms with Gasteiger partial charge >= 0.3 is 0 Å². The van der Waals surface area contributed by atoms with Crippen LogP contribution in [0.15, 0.2) is 24.5 Å². The lowest BCUT2D eigenvalue weighted by Crippen LogP contribution is -2.13. The van der Waals surface area contributed by atoms with E-state index in [4.69, 9.17) is 4.74 Å². The van der Waals surface area contributed by atoms with Crippen LogP contribution < -0.4 is 10.1 Å². The van der Waals surface area contributed by atoms with E-state index in [1.54, 1.807) is 10.7 Å². The topological polar surface area (TPSA) is 52.0 Å². The van der Waals surface area contributed by atoms with Crippen LogP contribution in [0.25, 0.3) is 0 Å². The third-order valence-electron chi connectivity index (χ3n) is 2.90. The summed E-state index contributed by atoms with van der Waals surface area (Å²) in [6.45, 7) is 4.75. The zero-order valence-corrected chi connectivity index (χ0v) is 11.9. The predicted octanol–water partition coefficient (Wildman–Crippen LogP) is 2.30. The van der Waals surface area contributed by atoms with Crippen molar-refractivity contribution in [3.8, 4) is 5.75 Å². The van der Waals surface area contributed by atoms with Crippen LogP contribution in [0.1, 0.15) is 31.3 Å². The number of para-hydroxylation sites is 1. The highest BCUT2D eigenvalue weighted by atomic mass is 19.1. The van der Waals surface area contributed by atoms with Crippen LogP contribution in [0.5, 0.6) is 5.75 Å². The molecule has 0 unspecified atom stereocenters. The molecule has 5 nitrogen and oxygen atoms in total. The first-order chi connectivity index (χ1) is 9.63. The van der Waals surface area contributed by atoms with Crippen molar-refractivity contribution in [3.05, 3.63) is 41.7 Å². The van der Waals surface area contributed by atoms with Crippen LogP contribution in [-0.2, 0) is 13.2 Å². The number of hydrogen-bond donors (Lipinski definition) is 1. The molecule has 0 amide bonds. The van der Waals surface area contributed by atoms with E-state index in [9.17, 15) is 4.39 Å². The minimum absolute atomic E-state index is 0.188. The van der Waals surface area contributed by atoms with Crippen LogP contribution >= 0.6 is 0 Å². The van der Waals surface area contributed by atoms with E-state index >= 15 is 0 Å². The Kier molecular flexibility index (Phi) is 4.68. The fourth-order valence-electron chi connectivity index (χ4n) is 1.99. The lowest BCUT2D eigenvalue weighted by molar-refractivity contribution is 0.266. The van der Waals surface area contributed by atoms with E-state index < -0.39 is 0 Å². The van der Waals surface area contributed by atoms with E-state index in [2.05, 4.69) is 15.4 Å². The van der Waals surface area contributed by atoms with Crippen molar-refractivity contribution in [2.75, 3.05) is 7.05 Å². The normalized spacial score (nSPS) is 11.1. The quantitative estimate of drug-likeness (QED) is 0.881. The van der Waals surface area contributed by atoms with Crippen molar-refractivity contribution in [2.45, 2.75) is 33.0 Å². The van der Waals surface area contributed by atoms with Gasteiger partial charge in [0.25, 0.3) is 0 Å². The maximum absolute atomic E-state index is 13.9. The van der Waals surface area contributed by atoms with Gasteiger partial charge in [-0.1, -0.05) is 12.1 Å². The zero-order valence-electron chi connectivity index (χ0n) is 11.9. The van der Waals surface area contributed by atoms with E-state index in [0.29, 0.717) is 12.4 Å². The van der Waals surface area contributed by atoms with Crippen molar-refractivity contribution in [1.29, 1.82) is 0 Å². The number of nitrogens with one attached hydrogen (secondary N) is 1. The number of halogens is 1. The number of hydrogen-bond acceptors (Lipinski definition) is 4. The Bertz CT molecular complexity index is 568. The van der Waals surface area contributed by atoms with Gasteiger partial charge in [0.1, 0.15) is 12.9 Å². The van der Waals surface area contributed by atoms with Crippen LogP contribution in [0, 0.1) is 5.82 Å². The van der Waals surface area contributed by atoms with E-state index in [1.165, 1.54) is 12.4 Å². The molecule has 2 rings (SSSR count). The third-order valence-corrected chi connectivity index (χ3v) is 2.90. The second kappa shape index (κ2) is 6.47. The Balaban J connectivity index is 2.16. The molecule has 0 aliphatic rings. The monoisotopic (exact) mass is 278 g/mol. The number of aromatic nitrogens is 3. The van der Waals surface area contributed by atoms with Gasteiger partial charge < -0.3 is 10.1 Å². The first-order valence-electron chi connectivity index (χ1n) is 6.56. The van der Waals surface area contributed by atoms with Crippen molar-refractivity contribution >= 4 is 0 Å². The molecule has 108 valence electrons. The van der Waals surface area contributed by atoms with Crippen molar-refractivity contribution < 1.29 is 9.13 Å². The van der Waals surface area contributed by atoms with Gasteiger partial charge in [-0.15, -0.1) is 0 Å². The number of benzene rings is 1. The molecule has 0 saturated carbocycles. The number of nitrogens with zero attached hydrogens (tertiary/aromatic N) is 3. The number of ether oxygens (including phenoxy) is 1. The zero-order chi connectivity index (χ0) is 14.5. The largest absolute Gasteiger partial charge is 0.482 e. The summed E-state index contributed by atoms with van der Waals surface area (Å²) in [6.07, 6.45) is 1.48. The van der Waals surface area contributed by atoms with Gasteiger partial charge in [-0.25, -0.2) is 14.1 Å². The maximum atomic E-state index is 13.9. The molecule has 0 spiro atoms. The molecule has 1 aromatic heterocycles. The van der Waals surface area contributed by atoms with Gasteiger partial charge in [-0.2, -0.15) is 5.10 Å². The molecule has 0 atom stereocenters. The summed E-state index contributed by atoms with van der Waals surface area (Å²) in [4.78, 5) is 4.15. The second-order valence-corrected chi connectivity index (χ2v) is 4.76. The molecule has 6 heteroatoms.